The molecular weight excluding hydrogens is 270 g/mol. The third kappa shape index (κ3) is 2.60. The van der Waals surface area contributed by atoms with Gasteiger partial charge in [0, 0.05) is 0 Å². The van der Waals surface area contributed by atoms with E-state index in [-0.39, 0.29) is 25.5 Å². The van der Waals surface area contributed by atoms with Crippen LogP contribution in [-0.4, -0.2) is 42.3 Å². The highest BCUT2D eigenvalue weighted by atomic mass is 35.5. The summed E-state index contributed by atoms with van der Waals surface area (Å²) in [5.74, 6) is 0. The Morgan fingerprint density at radius 2 is 1.13 bits per heavy atom. The fourth-order valence-corrected chi connectivity index (χ4v) is 3.97. The van der Waals surface area contributed by atoms with E-state index in [1.807, 2.05) is 0 Å². The lowest BCUT2D eigenvalue weighted by atomic mass is 10.2. The summed E-state index contributed by atoms with van der Waals surface area (Å²) in [5.41, 5.74) is 0. The van der Waals surface area contributed by atoms with Crippen LogP contribution in [0.5, 0.6) is 0 Å². The molecule has 0 atom stereocenters. The highest BCUT2D eigenvalue weighted by Crippen LogP contribution is 2.26. The summed E-state index contributed by atoms with van der Waals surface area (Å²) in [6, 6.07) is 0. The SMILES string of the molecule is O=S(=O)(O)[N+]1(S(=O)(=O)O)CCCCC1.[Cl-]. The fourth-order valence-electron chi connectivity index (χ4n) is 1.57. The van der Waals surface area contributed by atoms with Crippen molar-refractivity contribution in [2.75, 3.05) is 13.1 Å². The van der Waals surface area contributed by atoms with Crippen molar-refractivity contribution in [2.45, 2.75) is 19.3 Å². The standard InChI is InChI=1S/C5H11NO6S2.ClH/c7-13(8,9)6(14(10,11)12)4-2-1-3-5-6;/h1-5H2,(H-,7,8,9,10,11,12);1H. The number of nitrogens with zero attached hydrogens (tertiary/aromatic N) is 1. The molecule has 2 N–H and O–H groups in total. The van der Waals surface area contributed by atoms with E-state index < -0.39 is 23.9 Å². The number of piperidine rings is 1. The number of hydrogen-bond donors (Lipinski definition) is 2. The van der Waals surface area contributed by atoms with Gasteiger partial charge in [-0.25, -0.2) is 9.11 Å². The van der Waals surface area contributed by atoms with Crippen LogP contribution in [0.25, 0.3) is 0 Å². The van der Waals surface area contributed by atoms with Crippen LogP contribution in [0, 0.1) is 0 Å². The Kier molecular flexibility index (Phi) is 4.54. The molecule has 1 aliphatic rings. The molecule has 0 bridgehead atoms. The minimum atomic E-state index is -4.85. The molecule has 1 aliphatic heterocycles. The summed E-state index contributed by atoms with van der Waals surface area (Å²) >= 11 is 0. The van der Waals surface area contributed by atoms with Gasteiger partial charge in [-0.05, 0) is 19.3 Å². The minimum Gasteiger partial charge on any atom is -1.00 e. The van der Waals surface area contributed by atoms with Crippen molar-refractivity contribution in [1.82, 2.24) is 0 Å². The van der Waals surface area contributed by atoms with E-state index in [0.29, 0.717) is 19.3 Å². The molecule has 92 valence electrons. The summed E-state index contributed by atoms with van der Waals surface area (Å²) in [6.07, 6.45) is 1.35. The molecule has 0 saturated carbocycles. The topological polar surface area (TPSA) is 109 Å². The highest BCUT2D eigenvalue weighted by Gasteiger charge is 2.53. The monoisotopic (exact) mass is 281 g/mol. The van der Waals surface area contributed by atoms with Gasteiger partial charge >= 0.3 is 20.6 Å². The van der Waals surface area contributed by atoms with Crippen LogP contribution in [0.3, 0.4) is 0 Å². The average Bonchev–Trinajstić information content (AvgIpc) is 2.02. The lowest BCUT2D eigenvalue weighted by Gasteiger charge is -2.32. The van der Waals surface area contributed by atoms with E-state index in [1.54, 1.807) is 0 Å². The van der Waals surface area contributed by atoms with Gasteiger partial charge < -0.3 is 12.4 Å². The van der Waals surface area contributed by atoms with E-state index in [4.69, 9.17) is 9.11 Å². The van der Waals surface area contributed by atoms with E-state index in [9.17, 15) is 16.8 Å². The number of rotatable bonds is 2. The number of hydrogen-bond acceptors (Lipinski definition) is 4. The van der Waals surface area contributed by atoms with E-state index in [2.05, 4.69) is 0 Å². The first kappa shape index (κ1) is 15.1. The zero-order valence-corrected chi connectivity index (χ0v) is 10.1. The Balaban J connectivity index is 0.00000196. The highest BCUT2D eigenvalue weighted by molar-refractivity contribution is 7.92. The Bertz CT molecular complexity index is 375. The second kappa shape index (κ2) is 4.52. The molecule has 1 rings (SSSR count). The first-order valence-corrected chi connectivity index (χ1v) is 6.82. The molecule has 10 heteroatoms. The van der Waals surface area contributed by atoms with Gasteiger partial charge in [0.15, 0.2) is 0 Å². The molecule has 0 aliphatic carbocycles. The predicted molar refractivity (Wildman–Crippen MR) is 46.9 cm³/mol. The summed E-state index contributed by atoms with van der Waals surface area (Å²) < 4.78 is 59.8. The summed E-state index contributed by atoms with van der Waals surface area (Å²) in [4.78, 5) is 0. The molecule has 7 nitrogen and oxygen atoms in total. The van der Waals surface area contributed by atoms with Crippen LogP contribution < -0.4 is 12.4 Å². The van der Waals surface area contributed by atoms with Crippen LogP contribution >= 0.6 is 0 Å². The third-order valence-electron chi connectivity index (χ3n) is 2.34. The van der Waals surface area contributed by atoms with Gasteiger partial charge in [0.25, 0.3) is 0 Å². The Hall–Kier alpha value is 0.0700. The average molecular weight is 282 g/mol. The van der Waals surface area contributed by atoms with Crippen molar-refractivity contribution in [3.8, 4) is 0 Å². The lowest BCUT2D eigenvalue weighted by molar-refractivity contribution is -0.691. The summed E-state index contributed by atoms with van der Waals surface area (Å²) in [7, 11) is -9.69. The zero-order valence-electron chi connectivity index (χ0n) is 7.70. The molecular formula is C5H12ClNO6S2. The molecule has 0 aromatic carbocycles. The molecule has 1 heterocycles. The van der Waals surface area contributed by atoms with Gasteiger partial charge in [0.2, 0.25) is 0 Å². The summed E-state index contributed by atoms with van der Waals surface area (Å²) in [5, 5.41) is 0. The molecule has 0 spiro atoms. The van der Waals surface area contributed by atoms with Gasteiger partial charge in [0.05, 0.1) is 0 Å². The fraction of sp³-hybridized carbons (Fsp3) is 1.00. The van der Waals surface area contributed by atoms with Gasteiger partial charge in [-0.15, -0.1) is 16.8 Å². The minimum absolute atomic E-state index is 0. The van der Waals surface area contributed by atoms with Gasteiger partial charge in [-0.1, -0.05) is 3.29 Å². The van der Waals surface area contributed by atoms with Crippen molar-refractivity contribution in [3.05, 3.63) is 0 Å². The lowest BCUT2D eigenvalue weighted by Crippen LogP contribution is -3.00. The third-order valence-corrected chi connectivity index (χ3v) is 5.88. The first-order chi connectivity index (χ1) is 6.21. The van der Waals surface area contributed by atoms with Crippen LogP contribution in [0.1, 0.15) is 19.3 Å². The van der Waals surface area contributed by atoms with Crippen molar-refractivity contribution >= 4 is 20.6 Å². The van der Waals surface area contributed by atoms with Crippen LogP contribution in [0.4, 0.5) is 0 Å². The van der Waals surface area contributed by atoms with E-state index in [0.717, 1.165) is 0 Å². The summed E-state index contributed by atoms with van der Waals surface area (Å²) in [6.45, 7) is -0.616. The van der Waals surface area contributed by atoms with Gasteiger partial charge in [0.1, 0.15) is 13.1 Å². The molecule has 0 aromatic heterocycles. The smallest absolute Gasteiger partial charge is 0.449 e. The first-order valence-electron chi connectivity index (χ1n) is 4.03. The van der Waals surface area contributed by atoms with Crippen molar-refractivity contribution < 1.29 is 41.6 Å². The Morgan fingerprint density at radius 1 is 0.800 bits per heavy atom. The molecule has 1 saturated heterocycles. The zero-order chi connectivity index (χ0) is 11.0. The largest absolute Gasteiger partial charge is 1.00 e. The molecule has 0 aromatic rings. The van der Waals surface area contributed by atoms with Crippen LogP contribution in [-0.2, 0) is 20.6 Å². The Labute approximate surface area is 94.8 Å². The second-order valence-corrected chi connectivity index (χ2v) is 6.64. The van der Waals surface area contributed by atoms with Crippen molar-refractivity contribution in [2.24, 2.45) is 0 Å². The quantitative estimate of drug-likeness (QED) is 0.403. The second-order valence-electron chi connectivity index (χ2n) is 3.22. The maximum absolute atomic E-state index is 10.9. The van der Waals surface area contributed by atoms with Crippen LogP contribution in [0.2, 0.25) is 0 Å². The maximum atomic E-state index is 10.9. The molecule has 0 radical (unpaired) electrons. The molecule has 1 fully saturated rings. The van der Waals surface area contributed by atoms with E-state index in [1.165, 1.54) is 0 Å². The van der Waals surface area contributed by atoms with Crippen LogP contribution in [0.15, 0.2) is 0 Å². The molecule has 15 heavy (non-hydrogen) atoms. The Morgan fingerprint density at radius 3 is 1.33 bits per heavy atom. The van der Waals surface area contributed by atoms with Gasteiger partial charge in [-0.2, -0.15) is 0 Å². The van der Waals surface area contributed by atoms with Crippen molar-refractivity contribution in [3.63, 3.8) is 0 Å². The van der Waals surface area contributed by atoms with Crippen molar-refractivity contribution in [1.29, 1.82) is 0 Å². The normalized spacial score (nSPS) is 21.7. The molecule has 0 amide bonds. The predicted octanol–water partition coefficient (Wildman–Crippen LogP) is -3.40. The number of quaternary nitrogens is 1. The van der Waals surface area contributed by atoms with E-state index >= 15 is 0 Å². The maximum Gasteiger partial charge on any atom is 0.449 e. The number of halogens is 1. The van der Waals surface area contributed by atoms with Gasteiger partial charge in [-0.3, -0.25) is 0 Å². The molecule has 0 unspecified atom stereocenters.